The first-order valence-electron chi connectivity index (χ1n) is 5.54. The fourth-order valence-corrected chi connectivity index (χ4v) is 1.43. The topological polar surface area (TPSA) is 32.3 Å². The van der Waals surface area contributed by atoms with Crippen LogP contribution in [0.4, 0.5) is 4.39 Å². The Bertz CT molecular complexity index is 329. The zero-order chi connectivity index (χ0) is 12.3. The van der Waals surface area contributed by atoms with E-state index in [1.807, 2.05) is 13.8 Å². The molecule has 0 saturated heterocycles. The highest BCUT2D eigenvalue weighted by atomic mass is 19.1. The Morgan fingerprint density at radius 3 is 2.12 bits per heavy atom. The predicted molar refractivity (Wildman–Crippen MR) is 63.7 cm³/mol. The van der Waals surface area contributed by atoms with Crippen LogP contribution in [0.25, 0.3) is 0 Å². The summed E-state index contributed by atoms with van der Waals surface area (Å²) in [5.74, 6) is -0.230. The molecule has 16 heavy (non-hydrogen) atoms. The Kier molecular flexibility index (Phi) is 4.05. The Labute approximate surface area is 96.5 Å². The van der Waals surface area contributed by atoms with Gasteiger partial charge < -0.3 is 10.4 Å². The number of nitrogens with one attached hydrogen (secondary N) is 1. The Morgan fingerprint density at radius 2 is 1.69 bits per heavy atom. The molecule has 0 aliphatic heterocycles. The summed E-state index contributed by atoms with van der Waals surface area (Å²) in [6.07, 6.45) is 0. The molecule has 2 N–H and O–H groups in total. The van der Waals surface area contributed by atoms with E-state index in [4.69, 9.17) is 0 Å². The third-order valence-electron chi connectivity index (χ3n) is 2.93. The molecule has 0 aliphatic rings. The smallest absolute Gasteiger partial charge is 0.123 e. The van der Waals surface area contributed by atoms with Crippen LogP contribution in [0.1, 0.15) is 39.3 Å². The van der Waals surface area contributed by atoms with E-state index in [9.17, 15) is 9.50 Å². The Morgan fingerprint density at radius 1 is 1.19 bits per heavy atom. The molecule has 0 heterocycles. The maximum Gasteiger partial charge on any atom is 0.123 e. The van der Waals surface area contributed by atoms with Gasteiger partial charge in [-0.3, -0.25) is 0 Å². The normalized spacial score (nSPS) is 15.9. The molecule has 0 fully saturated rings. The fourth-order valence-electron chi connectivity index (χ4n) is 1.43. The zero-order valence-corrected chi connectivity index (χ0v) is 10.3. The van der Waals surface area contributed by atoms with Crippen LogP contribution in [0.2, 0.25) is 0 Å². The molecule has 1 unspecified atom stereocenters. The summed E-state index contributed by atoms with van der Waals surface area (Å²) in [4.78, 5) is 0. The van der Waals surface area contributed by atoms with Crippen molar-refractivity contribution in [2.24, 2.45) is 0 Å². The summed E-state index contributed by atoms with van der Waals surface area (Å²) in [5.41, 5.74) is 0.242. The van der Waals surface area contributed by atoms with Crippen molar-refractivity contribution >= 4 is 0 Å². The molecular formula is C13H20FNO. The molecule has 1 aromatic carbocycles. The van der Waals surface area contributed by atoms with Crippen LogP contribution in [0.15, 0.2) is 24.3 Å². The second-order valence-electron chi connectivity index (χ2n) is 4.82. The van der Waals surface area contributed by atoms with Gasteiger partial charge in [0.1, 0.15) is 5.82 Å². The van der Waals surface area contributed by atoms with E-state index >= 15 is 0 Å². The van der Waals surface area contributed by atoms with E-state index in [-0.39, 0.29) is 17.9 Å². The van der Waals surface area contributed by atoms with Crippen molar-refractivity contribution in [1.82, 2.24) is 5.32 Å². The minimum absolute atomic E-state index is 0.0347. The number of halogens is 1. The average molecular weight is 225 g/mol. The van der Waals surface area contributed by atoms with Crippen molar-refractivity contribution in [3.05, 3.63) is 35.6 Å². The van der Waals surface area contributed by atoms with Gasteiger partial charge in [0.2, 0.25) is 0 Å². The van der Waals surface area contributed by atoms with Gasteiger partial charge in [0.05, 0.1) is 5.60 Å². The summed E-state index contributed by atoms with van der Waals surface area (Å²) in [5, 5.41) is 13.1. The maximum absolute atomic E-state index is 12.7. The first-order valence-corrected chi connectivity index (χ1v) is 5.54. The molecule has 2 nitrogen and oxygen atoms in total. The molecule has 1 aromatic rings. The average Bonchev–Trinajstić information content (AvgIpc) is 2.17. The van der Waals surface area contributed by atoms with E-state index in [1.54, 1.807) is 26.0 Å². The second-order valence-corrected chi connectivity index (χ2v) is 4.82. The molecule has 0 aromatic heterocycles. The number of aliphatic hydroxyl groups is 1. The van der Waals surface area contributed by atoms with Crippen molar-refractivity contribution in [2.45, 2.75) is 45.4 Å². The van der Waals surface area contributed by atoms with Crippen molar-refractivity contribution in [2.75, 3.05) is 0 Å². The highest BCUT2D eigenvalue weighted by Gasteiger charge is 2.23. The lowest BCUT2D eigenvalue weighted by molar-refractivity contribution is 0.0405. The van der Waals surface area contributed by atoms with Gasteiger partial charge in [0.15, 0.2) is 0 Å². The summed E-state index contributed by atoms with van der Waals surface area (Å²) in [6.45, 7) is 7.46. The van der Waals surface area contributed by atoms with Gasteiger partial charge in [-0.2, -0.15) is 0 Å². The number of hydrogen-bond acceptors (Lipinski definition) is 2. The standard InChI is InChI=1S/C13H20FNO/c1-9(15-10(2)13(3,4)16)11-5-7-12(14)8-6-11/h5-10,15-16H,1-4H3/t9-,10?/m0/s1. The first-order chi connectivity index (χ1) is 7.30. The largest absolute Gasteiger partial charge is 0.389 e. The third kappa shape index (κ3) is 3.58. The van der Waals surface area contributed by atoms with E-state index in [0.29, 0.717) is 0 Å². The van der Waals surface area contributed by atoms with E-state index < -0.39 is 5.60 Å². The minimum atomic E-state index is -0.770. The fraction of sp³-hybridized carbons (Fsp3) is 0.538. The Hall–Kier alpha value is -0.930. The van der Waals surface area contributed by atoms with Crippen LogP contribution >= 0.6 is 0 Å². The molecule has 0 spiro atoms. The molecule has 2 atom stereocenters. The van der Waals surface area contributed by atoms with Crippen molar-refractivity contribution in [3.63, 3.8) is 0 Å². The Balaban J connectivity index is 2.65. The van der Waals surface area contributed by atoms with Crippen LogP contribution in [0.3, 0.4) is 0 Å². The monoisotopic (exact) mass is 225 g/mol. The van der Waals surface area contributed by atoms with Gasteiger partial charge >= 0.3 is 0 Å². The summed E-state index contributed by atoms with van der Waals surface area (Å²) in [6, 6.07) is 6.45. The van der Waals surface area contributed by atoms with Crippen LogP contribution < -0.4 is 5.32 Å². The summed E-state index contributed by atoms with van der Waals surface area (Å²) >= 11 is 0. The van der Waals surface area contributed by atoms with Crippen LogP contribution in [0.5, 0.6) is 0 Å². The van der Waals surface area contributed by atoms with Gasteiger partial charge in [-0.05, 0) is 45.4 Å². The van der Waals surface area contributed by atoms with E-state index in [1.165, 1.54) is 12.1 Å². The highest BCUT2D eigenvalue weighted by molar-refractivity contribution is 5.19. The van der Waals surface area contributed by atoms with Crippen molar-refractivity contribution in [3.8, 4) is 0 Å². The van der Waals surface area contributed by atoms with Gasteiger partial charge in [0.25, 0.3) is 0 Å². The molecule has 0 saturated carbocycles. The molecule has 0 bridgehead atoms. The number of rotatable bonds is 4. The quantitative estimate of drug-likeness (QED) is 0.825. The molecule has 1 rings (SSSR count). The molecule has 90 valence electrons. The lowest BCUT2D eigenvalue weighted by Crippen LogP contribution is -2.45. The van der Waals surface area contributed by atoms with Crippen LogP contribution in [-0.4, -0.2) is 16.7 Å². The maximum atomic E-state index is 12.7. The highest BCUT2D eigenvalue weighted by Crippen LogP contribution is 2.17. The zero-order valence-electron chi connectivity index (χ0n) is 10.3. The van der Waals surface area contributed by atoms with Crippen LogP contribution in [-0.2, 0) is 0 Å². The number of benzene rings is 1. The molecule has 0 radical (unpaired) electrons. The molecular weight excluding hydrogens is 205 g/mol. The lowest BCUT2D eigenvalue weighted by Gasteiger charge is -2.30. The molecule has 0 amide bonds. The second kappa shape index (κ2) is 4.93. The molecule has 0 aliphatic carbocycles. The van der Waals surface area contributed by atoms with E-state index in [2.05, 4.69) is 5.32 Å². The third-order valence-corrected chi connectivity index (χ3v) is 2.93. The van der Waals surface area contributed by atoms with Crippen LogP contribution in [0, 0.1) is 5.82 Å². The predicted octanol–water partition coefficient (Wildman–Crippen LogP) is 2.64. The SMILES string of the molecule is CC(N[C@@H](C)c1ccc(F)cc1)C(C)(C)O. The molecule has 3 heteroatoms. The van der Waals surface area contributed by atoms with Gasteiger partial charge in [0, 0.05) is 12.1 Å². The summed E-state index contributed by atoms with van der Waals surface area (Å²) < 4.78 is 12.7. The van der Waals surface area contributed by atoms with Crippen molar-refractivity contribution in [1.29, 1.82) is 0 Å². The summed E-state index contributed by atoms with van der Waals surface area (Å²) in [7, 11) is 0. The van der Waals surface area contributed by atoms with Gasteiger partial charge in [-0.25, -0.2) is 4.39 Å². The first kappa shape index (κ1) is 13.1. The van der Waals surface area contributed by atoms with Crippen molar-refractivity contribution < 1.29 is 9.50 Å². The minimum Gasteiger partial charge on any atom is -0.389 e. The number of hydrogen-bond donors (Lipinski definition) is 2. The lowest BCUT2D eigenvalue weighted by atomic mass is 9.98. The van der Waals surface area contributed by atoms with E-state index in [0.717, 1.165) is 5.56 Å². The van der Waals surface area contributed by atoms with Gasteiger partial charge in [-0.15, -0.1) is 0 Å². The van der Waals surface area contributed by atoms with Gasteiger partial charge in [-0.1, -0.05) is 12.1 Å².